The molecule has 0 aliphatic carbocycles. The summed E-state index contributed by atoms with van der Waals surface area (Å²) in [5.74, 6) is 0.900. The lowest BCUT2D eigenvalue weighted by Crippen LogP contribution is -1.84. The van der Waals surface area contributed by atoms with Crippen LogP contribution in [-0.4, -0.2) is 9.97 Å². The first-order valence-corrected chi connectivity index (χ1v) is 7.02. The van der Waals surface area contributed by atoms with E-state index in [1.165, 1.54) is 3.57 Å². The van der Waals surface area contributed by atoms with Crippen molar-refractivity contribution in [3.8, 4) is 11.4 Å². The standard InChI is InChI=1S/C13H8BrIN2/c14-12-8(4-3-5-9(12)15)13-16-10-6-1-2-7-11(10)17-13/h1-7H,(H,16,17). The van der Waals surface area contributed by atoms with Gasteiger partial charge in [0.2, 0.25) is 0 Å². The molecule has 0 unspecified atom stereocenters. The van der Waals surface area contributed by atoms with Gasteiger partial charge in [-0.25, -0.2) is 4.98 Å². The number of aromatic nitrogens is 2. The van der Waals surface area contributed by atoms with Gasteiger partial charge >= 0.3 is 0 Å². The number of rotatable bonds is 1. The van der Waals surface area contributed by atoms with Crippen molar-refractivity contribution in [2.24, 2.45) is 0 Å². The van der Waals surface area contributed by atoms with Crippen molar-refractivity contribution in [2.45, 2.75) is 0 Å². The van der Waals surface area contributed by atoms with Gasteiger partial charge in [-0.2, -0.15) is 0 Å². The van der Waals surface area contributed by atoms with Crippen LogP contribution in [0.25, 0.3) is 22.4 Å². The van der Waals surface area contributed by atoms with Crippen molar-refractivity contribution in [3.63, 3.8) is 0 Å². The van der Waals surface area contributed by atoms with Gasteiger partial charge in [0.1, 0.15) is 5.82 Å². The molecule has 0 atom stereocenters. The number of hydrogen-bond donors (Lipinski definition) is 1. The van der Waals surface area contributed by atoms with Gasteiger partial charge in [0.25, 0.3) is 0 Å². The number of imidazole rings is 1. The number of fused-ring (bicyclic) bond motifs is 1. The molecule has 0 aliphatic heterocycles. The van der Waals surface area contributed by atoms with Crippen LogP contribution in [0.15, 0.2) is 46.9 Å². The summed E-state index contributed by atoms with van der Waals surface area (Å²) < 4.78 is 2.26. The summed E-state index contributed by atoms with van der Waals surface area (Å²) in [5.41, 5.74) is 3.15. The summed E-state index contributed by atoms with van der Waals surface area (Å²) in [7, 11) is 0. The average Bonchev–Trinajstić information content (AvgIpc) is 2.76. The zero-order valence-electron chi connectivity index (χ0n) is 8.74. The van der Waals surface area contributed by atoms with E-state index in [1.807, 2.05) is 30.3 Å². The van der Waals surface area contributed by atoms with E-state index >= 15 is 0 Å². The molecule has 84 valence electrons. The van der Waals surface area contributed by atoms with Crippen LogP contribution in [0.2, 0.25) is 0 Å². The molecule has 17 heavy (non-hydrogen) atoms. The van der Waals surface area contributed by atoms with Crippen molar-refractivity contribution in [2.75, 3.05) is 0 Å². The van der Waals surface area contributed by atoms with Crippen molar-refractivity contribution in [3.05, 3.63) is 50.5 Å². The average molecular weight is 399 g/mol. The maximum Gasteiger partial charge on any atom is 0.139 e. The summed E-state index contributed by atoms with van der Waals surface area (Å²) in [6.45, 7) is 0. The number of hydrogen-bond acceptors (Lipinski definition) is 1. The predicted molar refractivity (Wildman–Crippen MR) is 81.9 cm³/mol. The van der Waals surface area contributed by atoms with Gasteiger partial charge in [-0.1, -0.05) is 24.3 Å². The van der Waals surface area contributed by atoms with Crippen LogP contribution in [0, 0.1) is 3.57 Å². The van der Waals surface area contributed by atoms with Crippen molar-refractivity contribution in [1.82, 2.24) is 9.97 Å². The quantitative estimate of drug-likeness (QED) is 0.596. The van der Waals surface area contributed by atoms with Crippen LogP contribution in [0.4, 0.5) is 0 Å². The monoisotopic (exact) mass is 398 g/mol. The SMILES string of the molecule is Brc1c(I)cccc1-c1nc2ccccc2[nH]1. The maximum atomic E-state index is 4.60. The Morgan fingerprint density at radius 2 is 1.88 bits per heavy atom. The highest BCUT2D eigenvalue weighted by molar-refractivity contribution is 14.1. The minimum atomic E-state index is 0.900. The third-order valence-corrected chi connectivity index (χ3v) is 5.09. The molecule has 2 aromatic carbocycles. The van der Waals surface area contributed by atoms with Crippen LogP contribution in [0.5, 0.6) is 0 Å². The highest BCUT2D eigenvalue weighted by Gasteiger charge is 2.09. The molecule has 0 amide bonds. The molecule has 4 heteroatoms. The normalized spacial score (nSPS) is 10.9. The van der Waals surface area contributed by atoms with Gasteiger partial charge in [-0.05, 0) is 56.7 Å². The third kappa shape index (κ3) is 1.99. The van der Waals surface area contributed by atoms with E-state index in [1.54, 1.807) is 0 Å². The maximum absolute atomic E-state index is 4.60. The largest absolute Gasteiger partial charge is 0.338 e. The summed E-state index contributed by atoms with van der Waals surface area (Å²) in [4.78, 5) is 7.93. The second-order valence-corrected chi connectivity index (χ2v) is 5.66. The Bertz CT molecular complexity index is 658. The Kier molecular flexibility index (Phi) is 2.92. The molecule has 0 aliphatic rings. The lowest BCUT2D eigenvalue weighted by Gasteiger charge is -2.02. The topological polar surface area (TPSA) is 28.7 Å². The number of benzene rings is 2. The van der Waals surface area contributed by atoms with Crippen molar-refractivity contribution in [1.29, 1.82) is 0 Å². The smallest absolute Gasteiger partial charge is 0.139 e. The van der Waals surface area contributed by atoms with Gasteiger partial charge < -0.3 is 4.98 Å². The lowest BCUT2D eigenvalue weighted by molar-refractivity contribution is 1.32. The van der Waals surface area contributed by atoms with E-state index in [-0.39, 0.29) is 0 Å². The van der Waals surface area contributed by atoms with E-state index in [4.69, 9.17) is 0 Å². The zero-order valence-corrected chi connectivity index (χ0v) is 12.5. The minimum absolute atomic E-state index is 0.900. The Labute approximate surface area is 121 Å². The molecule has 0 spiro atoms. The number of nitrogens with one attached hydrogen (secondary N) is 1. The lowest BCUT2D eigenvalue weighted by atomic mass is 10.2. The number of nitrogens with zero attached hydrogens (tertiary/aromatic N) is 1. The molecule has 0 saturated heterocycles. The zero-order chi connectivity index (χ0) is 11.8. The second-order valence-electron chi connectivity index (χ2n) is 3.70. The second kappa shape index (κ2) is 4.42. The number of halogens is 2. The summed E-state index contributed by atoms with van der Waals surface area (Å²) in [5, 5.41) is 0. The molecule has 3 rings (SSSR count). The van der Waals surface area contributed by atoms with Crippen LogP contribution in [-0.2, 0) is 0 Å². The van der Waals surface area contributed by atoms with E-state index < -0.39 is 0 Å². The molecule has 2 nitrogen and oxygen atoms in total. The fraction of sp³-hybridized carbons (Fsp3) is 0. The van der Waals surface area contributed by atoms with Crippen LogP contribution < -0.4 is 0 Å². The summed E-state index contributed by atoms with van der Waals surface area (Å²) >= 11 is 5.91. The highest BCUT2D eigenvalue weighted by Crippen LogP contribution is 2.31. The Morgan fingerprint density at radius 3 is 2.71 bits per heavy atom. The third-order valence-electron chi connectivity index (χ3n) is 2.60. The van der Waals surface area contributed by atoms with Crippen molar-refractivity contribution < 1.29 is 0 Å². The fourth-order valence-electron chi connectivity index (χ4n) is 1.77. The van der Waals surface area contributed by atoms with E-state index in [0.717, 1.165) is 26.9 Å². The van der Waals surface area contributed by atoms with Gasteiger partial charge in [-0.15, -0.1) is 0 Å². The van der Waals surface area contributed by atoms with Gasteiger partial charge in [0, 0.05) is 13.6 Å². The van der Waals surface area contributed by atoms with Gasteiger partial charge in [-0.3, -0.25) is 0 Å². The number of aromatic amines is 1. The first-order chi connectivity index (χ1) is 8.25. The highest BCUT2D eigenvalue weighted by atomic mass is 127. The van der Waals surface area contributed by atoms with E-state index in [0.29, 0.717) is 0 Å². The molecular formula is C13H8BrIN2. The van der Waals surface area contributed by atoms with Gasteiger partial charge in [0.05, 0.1) is 11.0 Å². The molecule has 0 bridgehead atoms. The first-order valence-electron chi connectivity index (χ1n) is 5.15. The van der Waals surface area contributed by atoms with Gasteiger partial charge in [0.15, 0.2) is 0 Å². The predicted octanol–water partition coefficient (Wildman–Crippen LogP) is 4.60. The Balaban J connectivity index is 2.24. The Morgan fingerprint density at radius 1 is 1.06 bits per heavy atom. The number of H-pyrrole nitrogens is 1. The number of para-hydroxylation sites is 2. The fourth-order valence-corrected chi connectivity index (χ4v) is 2.72. The molecular weight excluding hydrogens is 391 g/mol. The van der Waals surface area contributed by atoms with Crippen LogP contribution >= 0.6 is 38.5 Å². The minimum Gasteiger partial charge on any atom is -0.338 e. The molecule has 0 fully saturated rings. The molecule has 0 radical (unpaired) electrons. The van der Waals surface area contributed by atoms with Crippen LogP contribution in [0.1, 0.15) is 0 Å². The molecule has 1 aromatic heterocycles. The molecule has 3 aromatic rings. The van der Waals surface area contributed by atoms with E-state index in [2.05, 4.69) is 60.6 Å². The van der Waals surface area contributed by atoms with E-state index in [9.17, 15) is 0 Å². The summed E-state index contributed by atoms with van der Waals surface area (Å²) in [6, 6.07) is 14.2. The summed E-state index contributed by atoms with van der Waals surface area (Å²) in [6.07, 6.45) is 0. The molecule has 0 saturated carbocycles. The first kappa shape index (κ1) is 11.2. The molecule has 1 N–H and O–H groups in total. The van der Waals surface area contributed by atoms with Crippen LogP contribution in [0.3, 0.4) is 0 Å². The Hall–Kier alpha value is -0.880. The molecule has 1 heterocycles. The van der Waals surface area contributed by atoms with Crippen molar-refractivity contribution >= 4 is 49.6 Å².